The molecular weight excluding hydrogens is 889 g/mol. The zero-order valence-corrected chi connectivity index (χ0v) is 46.7. The van der Waals surface area contributed by atoms with Crippen molar-refractivity contribution in [3.63, 3.8) is 0 Å². The number of carbonyl (C=O) groups excluding carboxylic acids is 3. The van der Waals surface area contributed by atoms with E-state index in [1.807, 2.05) is 6.08 Å². The number of unbranched alkanes of at least 4 members (excludes halogenated alkanes) is 21. The molecule has 0 aromatic heterocycles. The lowest BCUT2D eigenvalue weighted by Crippen LogP contribution is -2.30. The summed E-state index contributed by atoms with van der Waals surface area (Å²) in [5, 5.41) is 0. The van der Waals surface area contributed by atoms with Gasteiger partial charge in [0.2, 0.25) is 0 Å². The predicted octanol–water partition coefficient (Wildman–Crippen LogP) is 20.0. The Balaban J connectivity index is 4.42. The van der Waals surface area contributed by atoms with Crippen molar-refractivity contribution >= 4 is 17.9 Å². The molecular formula is C66H108O6. The second-order valence-electron chi connectivity index (χ2n) is 19.1. The average Bonchev–Trinajstić information content (AvgIpc) is 3.38. The number of carbonyl (C=O) groups is 3. The molecule has 0 radical (unpaired) electrons. The molecule has 0 amide bonds. The summed E-state index contributed by atoms with van der Waals surface area (Å²) >= 11 is 0. The summed E-state index contributed by atoms with van der Waals surface area (Å²) < 4.78 is 16.8. The number of hydrogen-bond acceptors (Lipinski definition) is 6. The second-order valence-corrected chi connectivity index (χ2v) is 19.1. The summed E-state index contributed by atoms with van der Waals surface area (Å²) in [5.74, 6) is -1.00. The number of allylic oxidation sites excluding steroid dienone is 20. The highest BCUT2D eigenvalue weighted by Gasteiger charge is 2.19. The Bertz CT molecular complexity index is 1520. The molecule has 0 saturated carbocycles. The number of rotatable bonds is 52. The zero-order valence-electron chi connectivity index (χ0n) is 46.7. The van der Waals surface area contributed by atoms with Gasteiger partial charge < -0.3 is 14.2 Å². The van der Waals surface area contributed by atoms with Crippen molar-refractivity contribution in [3.8, 4) is 0 Å². The Hall–Kier alpha value is -4.19. The van der Waals surface area contributed by atoms with E-state index in [2.05, 4.69) is 136 Å². The van der Waals surface area contributed by atoms with Crippen molar-refractivity contribution in [2.24, 2.45) is 0 Å². The molecule has 0 aliphatic rings. The number of hydrogen-bond donors (Lipinski definition) is 0. The molecule has 6 heteroatoms. The summed E-state index contributed by atoms with van der Waals surface area (Å²) in [4.78, 5) is 38.1. The van der Waals surface area contributed by atoms with Crippen molar-refractivity contribution < 1.29 is 28.6 Å². The fraction of sp³-hybridized carbons (Fsp3) is 0.652. The minimum absolute atomic E-state index is 0.109. The maximum absolute atomic E-state index is 12.9. The summed E-state index contributed by atoms with van der Waals surface area (Å²) in [6, 6.07) is 0. The molecule has 0 aliphatic carbocycles. The maximum Gasteiger partial charge on any atom is 0.306 e. The Morgan fingerprint density at radius 3 is 0.931 bits per heavy atom. The molecule has 0 N–H and O–H groups in total. The van der Waals surface area contributed by atoms with Crippen LogP contribution in [0, 0.1) is 0 Å². The fourth-order valence-corrected chi connectivity index (χ4v) is 7.87. The molecule has 0 fully saturated rings. The van der Waals surface area contributed by atoms with E-state index < -0.39 is 6.10 Å². The van der Waals surface area contributed by atoms with Gasteiger partial charge in [-0.2, -0.15) is 0 Å². The van der Waals surface area contributed by atoms with E-state index in [1.165, 1.54) is 96.3 Å². The van der Waals surface area contributed by atoms with E-state index in [4.69, 9.17) is 14.2 Å². The zero-order chi connectivity index (χ0) is 52.2. The maximum atomic E-state index is 12.9. The summed E-state index contributed by atoms with van der Waals surface area (Å²) in [6.07, 6.45) is 82.1. The third kappa shape index (κ3) is 56.7. The fourth-order valence-electron chi connectivity index (χ4n) is 7.87. The largest absolute Gasteiger partial charge is 0.462 e. The molecule has 0 bridgehead atoms. The molecule has 1 atom stereocenters. The van der Waals surface area contributed by atoms with E-state index in [-0.39, 0.29) is 37.5 Å². The SMILES string of the molecule is CC/C=C\C/C=C\C/C=C\C/C=C\C/C=C\C/C=C\CCCCCCCCC(=O)OCC(COC(=O)CC/C=C\C/C=C\C/C=C\C/C=C\CC)OC(=O)CCCCCCCCCCCCCCCCCC. The van der Waals surface area contributed by atoms with Crippen LogP contribution in [0.4, 0.5) is 0 Å². The molecule has 0 aromatic rings. The Labute approximate surface area is 443 Å². The predicted molar refractivity (Wildman–Crippen MR) is 311 cm³/mol. The smallest absolute Gasteiger partial charge is 0.306 e. The Morgan fingerprint density at radius 1 is 0.292 bits per heavy atom. The summed E-state index contributed by atoms with van der Waals surface area (Å²) in [7, 11) is 0. The molecule has 0 spiro atoms. The highest BCUT2D eigenvalue weighted by atomic mass is 16.6. The molecule has 408 valence electrons. The first kappa shape index (κ1) is 67.8. The monoisotopic (exact) mass is 997 g/mol. The lowest BCUT2D eigenvalue weighted by Gasteiger charge is -2.18. The van der Waals surface area contributed by atoms with Crippen LogP contribution in [0.25, 0.3) is 0 Å². The topological polar surface area (TPSA) is 78.9 Å². The first-order valence-corrected chi connectivity index (χ1v) is 29.5. The standard InChI is InChI=1S/C66H108O6/c1-4-7-10-13-16-19-22-25-27-29-30-31-32-33-34-35-36-37-39-41-44-47-50-53-56-59-65(68)71-62-63(61-70-64(67)58-55-52-49-46-43-40-24-21-18-15-12-9-6-3)72-66(69)60-57-54-51-48-45-42-38-28-26-23-20-17-14-11-8-5-2/h7,9-10,12,16,18-19,21,25,27,30-31,33-34,36-37,40,43,49,52,63H,4-6,8,11,13-15,17,20,22-24,26,28-29,32,35,38-39,41-42,44-48,50-51,53-62H2,1-3H3/b10-7-,12-9-,19-16-,21-18-,27-25-,31-30-,34-33-,37-36-,43-40-,52-49-. The van der Waals surface area contributed by atoms with Crippen LogP contribution in [0.5, 0.6) is 0 Å². The van der Waals surface area contributed by atoms with Gasteiger partial charge in [-0.1, -0.05) is 264 Å². The van der Waals surface area contributed by atoms with E-state index >= 15 is 0 Å². The molecule has 1 unspecified atom stereocenters. The van der Waals surface area contributed by atoms with Gasteiger partial charge in [0.15, 0.2) is 6.10 Å². The average molecular weight is 998 g/mol. The molecule has 72 heavy (non-hydrogen) atoms. The third-order valence-electron chi connectivity index (χ3n) is 12.2. The molecule has 0 saturated heterocycles. The van der Waals surface area contributed by atoms with Gasteiger partial charge in [-0.3, -0.25) is 14.4 Å². The van der Waals surface area contributed by atoms with E-state index in [0.717, 1.165) is 116 Å². The van der Waals surface area contributed by atoms with Crippen LogP contribution in [0.15, 0.2) is 122 Å². The lowest BCUT2D eigenvalue weighted by atomic mass is 10.0. The van der Waals surface area contributed by atoms with Crippen LogP contribution in [0.1, 0.15) is 258 Å². The van der Waals surface area contributed by atoms with Gasteiger partial charge in [-0.25, -0.2) is 0 Å². The lowest BCUT2D eigenvalue weighted by molar-refractivity contribution is -0.166. The van der Waals surface area contributed by atoms with Crippen LogP contribution in [0.2, 0.25) is 0 Å². The van der Waals surface area contributed by atoms with Gasteiger partial charge in [0, 0.05) is 19.3 Å². The normalized spacial score (nSPS) is 13.0. The van der Waals surface area contributed by atoms with Crippen LogP contribution in [-0.2, 0) is 28.6 Å². The van der Waals surface area contributed by atoms with Crippen molar-refractivity contribution in [2.45, 2.75) is 264 Å². The summed E-state index contributed by atoms with van der Waals surface area (Å²) in [5.41, 5.74) is 0. The van der Waals surface area contributed by atoms with Crippen molar-refractivity contribution in [1.29, 1.82) is 0 Å². The Kier molecular flexibility index (Phi) is 55.9. The van der Waals surface area contributed by atoms with Crippen molar-refractivity contribution in [3.05, 3.63) is 122 Å². The van der Waals surface area contributed by atoms with Gasteiger partial charge in [0.05, 0.1) is 0 Å². The molecule has 0 aliphatic heterocycles. The van der Waals surface area contributed by atoms with Gasteiger partial charge in [-0.05, 0) is 96.3 Å². The van der Waals surface area contributed by atoms with E-state index in [1.54, 1.807) is 0 Å². The Morgan fingerprint density at radius 2 is 0.569 bits per heavy atom. The van der Waals surface area contributed by atoms with Crippen LogP contribution in [0.3, 0.4) is 0 Å². The van der Waals surface area contributed by atoms with Gasteiger partial charge >= 0.3 is 17.9 Å². The van der Waals surface area contributed by atoms with Gasteiger partial charge in [0.1, 0.15) is 13.2 Å². The summed E-state index contributed by atoms with van der Waals surface area (Å²) in [6.45, 7) is 6.34. The van der Waals surface area contributed by atoms with Gasteiger partial charge in [-0.15, -0.1) is 0 Å². The third-order valence-corrected chi connectivity index (χ3v) is 12.2. The van der Waals surface area contributed by atoms with Gasteiger partial charge in [0.25, 0.3) is 0 Å². The van der Waals surface area contributed by atoms with Crippen LogP contribution in [-0.4, -0.2) is 37.2 Å². The highest BCUT2D eigenvalue weighted by Crippen LogP contribution is 2.15. The first-order chi connectivity index (χ1) is 35.5. The van der Waals surface area contributed by atoms with Crippen molar-refractivity contribution in [1.82, 2.24) is 0 Å². The first-order valence-electron chi connectivity index (χ1n) is 29.5. The minimum atomic E-state index is -0.815. The highest BCUT2D eigenvalue weighted by molar-refractivity contribution is 5.71. The molecule has 0 rings (SSSR count). The number of ether oxygens (including phenoxy) is 3. The number of esters is 3. The molecule has 6 nitrogen and oxygen atoms in total. The molecule has 0 aromatic carbocycles. The molecule has 0 heterocycles. The van der Waals surface area contributed by atoms with Crippen molar-refractivity contribution in [2.75, 3.05) is 13.2 Å². The quantitative estimate of drug-likeness (QED) is 0.0261. The van der Waals surface area contributed by atoms with Crippen LogP contribution >= 0.6 is 0 Å². The van der Waals surface area contributed by atoms with E-state index in [0.29, 0.717) is 19.3 Å². The van der Waals surface area contributed by atoms with E-state index in [9.17, 15) is 14.4 Å². The minimum Gasteiger partial charge on any atom is -0.462 e. The van der Waals surface area contributed by atoms with Crippen LogP contribution < -0.4 is 0 Å². The second kappa shape index (κ2) is 59.4.